The van der Waals surface area contributed by atoms with Crippen molar-refractivity contribution in [2.45, 2.75) is 18.8 Å². The fraction of sp³-hybridized carbons (Fsp3) is 0.500. The molecule has 2 aromatic rings. The van der Waals surface area contributed by atoms with Gasteiger partial charge in [-0.15, -0.1) is 0 Å². The van der Waals surface area contributed by atoms with E-state index in [0.29, 0.717) is 17.1 Å². The second kappa shape index (κ2) is 4.00. The zero-order valence-corrected chi connectivity index (χ0v) is 9.89. The Kier molecular flexibility index (Phi) is 2.48. The van der Waals surface area contributed by atoms with E-state index in [1.165, 1.54) is 19.4 Å². The van der Waals surface area contributed by atoms with Crippen molar-refractivity contribution in [2.75, 3.05) is 25.9 Å². The number of hydrogen-bond acceptors (Lipinski definition) is 5. The Hall–Kier alpha value is -1.62. The fourth-order valence-corrected chi connectivity index (χ4v) is 2.49. The number of nitrogens with two attached hydrogens (primary N) is 1. The average Bonchev–Trinajstić information content (AvgIpc) is 2.68. The Morgan fingerprint density at radius 2 is 2.29 bits per heavy atom. The summed E-state index contributed by atoms with van der Waals surface area (Å²) in [6.45, 7) is 2.24. The van der Waals surface area contributed by atoms with E-state index in [1.807, 2.05) is 12.1 Å². The third-order valence-electron chi connectivity index (χ3n) is 3.33. The number of fused-ring (bicyclic) bond motifs is 1. The Morgan fingerprint density at radius 1 is 1.41 bits per heavy atom. The highest BCUT2D eigenvalue weighted by molar-refractivity contribution is 5.69. The van der Waals surface area contributed by atoms with E-state index >= 15 is 0 Å². The molecule has 2 aromatic heterocycles. The van der Waals surface area contributed by atoms with Crippen molar-refractivity contribution in [3.8, 4) is 0 Å². The van der Waals surface area contributed by atoms with Gasteiger partial charge in [0.25, 0.3) is 6.01 Å². The number of nitrogen functional groups attached to an aromatic ring is 1. The molecule has 90 valence electrons. The summed E-state index contributed by atoms with van der Waals surface area (Å²) in [6.07, 6.45) is 2.41. The van der Waals surface area contributed by atoms with E-state index in [4.69, 9.17) is 10.2 Å². The lowest BCUT2D eigenvalue weighted by Crippen LogP contribution is -2.31. The highest BCUT2D eigenvalue weighted by Gasteiger charge is 2.20. The van der Waals surface area contributed by atoms with Gasteiger partial charge in [-0.3, -0.25) is 0 Å². The van der Waals surface area contributed by atoms with Crippen LogP contribution in [0.4, 0.5) is 6.01 Å². The second-order valence-electron chi connectivity index (χ2n) is 4.71. The molecule has 3 rings (SSSR count). The molecule has 5 heteroatoms. The molecule has 17 heavy (non-hydrogen) atoms. The predicted molar refractivity (Wildman–Crippen MR) is 65.7 cm³/mol. The quantitative estimate of drug-likeness (QED) is 0.809. The molecular weight excluding hydrogens is 216 g/mol. The van der Waals surface area contributed by atoms with Crippen molar-refractivity contribution >= 4 is 17.2 Å². The van der Waals surface area contributed by atoms with Gasteiger partial charge in [0.1, 0.15) is 0 Å². The van der Waals surface area contributed by atoms with Crippen LogP contribution in [0.3, 0.4) is 0 Å². The Morgan fingerprint density at radius 3 is 3.12 bits per heavy atom. The van der Waals surface area contributed by atoms with Gasteiger partial charge in [0.05, 0.1) is 0 Å². The average molecular weight is 232 g/mol. The lowest BCUT2D eigenvalue weighted by atomic mass is 9.95. The first-order valence-electron chi connectivity index (χ1n) is 5.94. The normalized spacial score (nSPS) is 22.1. The topological polar surface area (TPSA) is 68.2 Å². The molecule has 2 N–H and O–H groups in total. The molecule has 0 radical (unpaired) electrons. The molecule has 1 atom stereocenters. The van der Waals surface area contributed by atoms with Crippen molar-refractivity contribution in [1.29, 1.82) is 0 Å². The maximum atomic E-state index is 5.52. The van der Waals surface area contributed by atoms with Gasteiger partial charge < -0.3 is 15.1 Å². The number of anilines is 1. The van der Waals surface area contributed by atoms with Gasteiger partial charge in [0, 0.05) is 18.2 Å². The molecule has 1 saturated heterocycles. The standard InChI is InChI=1S/C12H16N4O/c1-16-6-2-3-8(7-16)9-4-5-10-11(14-9)15-12(13)17-10/h4-5,8H,2-3,6-7H2,1H3,(H2,13,14,15). The van der Waals surface area contributed by atoms with E-state index < -0.39 is 0 Å². The molecule has 1 aliphatic rings. The summed E-state index contributed by atoms with van der Waals surface area (Å²) in [4.78, 5) is 11.0. The van der Waals surface area contributed by atoms with Gasteiger partial charge in [0.15, 0.2) is 5.58 Å². The summed E-state index contributed by atoms with van der Waals surface area (Å²) >= 11 is 0. The number of likely N-dealkylation sites (N-methyl/N-ethyl adjacent to an activating group) is 1. The minimum absolute atomic E-state index is 0.186. The summed E-state index contributed by atoms with van der Waals surface area (Å²) in [6, 6.07) is 4.12. The third-order valence-corrected chi connectivity index (χ3v) is 3.33. The Bertz CT molecular complexity index is 536. The van der Waals surface area contributed by atoms with Crippen molar-refractivity contribution < 1.29 is 4.42 Å². The molecule has 5 nitrogen and oxygen atoms in total. The number of nitrogens with zero attached hydrogens (tertiary/aromatic N) is 3. The monoisotopic (exact) mass is 232 g/mol. The summed E-state index contributed by atoms with van der Waals surface area (Å²) in [7, 11) is 2.15. The van der Waals surface area contributed by atoms with Gasteiger partial charge in [0.2, 0.25) is 5.65 Å². The molecule has 0 saturated carbocycles. The molecule has 1 aliphatic heterocycles. The van der Waals surface area contributed by atoms with Crippen LogP contribution in [-0.4, -0.2) is 35.0 Å². The van der Waals surface area contributed by atoms with Crippen LogP contribution in [0.5, 0.6) is 0 Å². The highest BCUT2D eigenvalue weighted by Crippen LogP contribution is 2.26. The van der Waals surface area contributed by atoms with Crippen LogP contribution in [0, 0.1) is 0 Å². The van der Waals surface area contributed by atoms with Crippen molar-refractivity contribution in [1.82, 2.24) is 14.9 Å². The first-order valence-corrected chi connectivity index (χ1v) is 5.94. The van der Waals surface area contributed by atoms with Crippen molar-refractivity contribution in [2.24, 2.45) is 0 Å². The number of aromatic nitrogens is 2. The van der Waals surface area contributed by atoms with E-state index in [9.17, 15) is 0 Å². The number of piperidine rings is 1. The maximum Gasteiger partial charge on any atom is 0.294 e. The van der Waals surface area contributed by atoms with E-state index in [0.717, 1.165) is 12.2 Å². The third kappa shape index (κ3) is 1.98. The van der Waals surface area contributed by atoms with E-state index in [-0.39, 0.29) is 6.01 Å². The number of oxazole rings is 1. The fourth-order valence-electron chi connectivity index (χ4n) is 2.49. The molecule has 0 amide bonds. The second-order valence-corrected chi connectivity index (χ2v) is 4.71. The lowest BCUT2D eigenvalue weighted by Gasteiger charge is -2.29. The van der Waals surface area contributed by atoms with E-state index in [2.05, 4.69) is 21.9 Å². The number of pyridine rings is 1. The number of hydrogen-bond donors (Lipinski definition) is 1. The van der Waals surface area contributed by atoms with Gasteiger partial charge >= 0.3 is 0 Å². The molecule has 0 spiro atoms. The zero-order valence-electron chi connectivity index (χ0n) is 9.89. The molecule has 1 unspecified atom stereocenters. The van der Waals surface area contributed by atoms with Crippen LogP contribution in [0.25, 0.3) is 11.2 Å². The minimum Gasteiger partial charge on any atom is -0.422 e. The first kappa shape index (κ1) is 10.5. The summed E-state index contributed by atoms with van der Waals surface area (Å²) < 4.78 is 5.23. The first-order chi connectivity index (χ1) is 8.22. The van der Waals surface area contributed by atoms with Crippen LogP contribution in [0.2, 0.25) is 0 Å². The smallest absolute Gasteiger partial charge is 0.294 e. The van der Waals surface area contributed by atoms with Gasteiger partial charge in [-0.1, -0.05) is 0 Å². The molecule has 1 fully saturated rings. The summed E-state index contributed by atoms with van der Waals surface area (Å²) in [5.41, 5.74) is 7.89. The summed E-state index contributed by atoms with van der Waals surface area (Å²) in [5, 5.41) is 0. The van der Waals surface area contributed by atoms with Gasteiger partial charge in [-0.2, -0.15) is 4.98 Å². The van der Waals surface area contributed by atoms with Crippen LogP contribution in [-0.2, 0) is 0 Å². The molecular formula is C12H16N4O. The Labute approximate surface area is 99.6 Å². The van der Waals surface area contributed by atoms with Crippen LogP contribution in [0.1, 0.15) is 24.5 Å². The van der Waals surface area contributed by atoms with Crippen molar-refractivity contribution in [3.63, 3.8) is 0 Å². The van der Waals surface area contributed by atoms with Gasteiger partial charge in [-0.05, 0) is 38.6 Å². The maximum absolute atomic E-state index is 5.52. The number of likely N-dealkylation sites (tertiary alicyclic amines) is 1. The zero-order chi connectivity index (χ0) is 11.8. The van der Waals surface area contributed by atoms with Crippen molar-refractivity contribution in [3.05, 3.63) is 17.8 Å². The Balaban J connectivity index is 1.94. The van der Waals surface area contributed by atoms with Crippen LogP contribution >= 0.6 is 0 Å². The van der Waals surface area contributed by atoms with Gasteiger partial charge in [-0.25, -0.2) is 4.98 Å². The molecule has 0 bridgehead atoms. The molecule has 3 heterocycles. The largest absolute Gasteiger partial charge is 0.422 e. The molecule has 0 aromatic carbocycles. The predicted octanol–water partition coefficient (Wildman–Crippen LogP) is 1.61. The van der Waals surface area contributed by atoms with Crippen LogP contribution in [0.15, 0.2) is 16.5 Å². The number of rotatable bonds is 1. The SMILES string of the molecule is CN1CCCC(c2ccc3oc(N)nc3n2)C1. The van der Waals surface area contributed by atoms with Crippen LogP contribution < -0.4 is 5.73 Å². The minimum atomic E-state index is 0.186. The summed E-state index contributed by atoms with van der Waals surface area (Å²) in [5.74, 6) is 0.496. The highest BCUT2D eigenvalue weighted by atomic mass is 16.4. The lowest BCUT2D eigenvalue weighted by molar-refractivity contribution is 0.248. The molecule has 0 aliphatic carbocycles. The van der Waals surface area contributed by atoms with E-state index in [1.54, 1.807) is 0 Å².